The van der Waals surface area contributed by atoms with E-state index in [1.807, 2.05) is 6.92 Å². The lowest BCUT2D eigenvalue weighted by atomic mass is 10.1. The Balaban J connectivity index is 1.61. The van der Waals surface area contributed by atoms with Crippen molar-refractivity contribution in [1.82, 2.24) is 25.9 Å². The van der Waals surface area contributed by atoms with Crippen LogP contribution in [0.25, 0.3) is 11.3 Å². The van der Waals surface area contributed by atoms with Crippen molar-refractivity contribution in [2.24, 2.45) is 0 Å². The van der Waals surface area contributed by atoms with Gasteiger partial charge in [0.2, 0.25) is 5.91 Å². The number of carbonyl (C=O) groups is 2. The number of carbonyl (C=O) groups excluding carboxylic acids is 2. The number of aromatic nitrogens is 2. The highest BCUT2D eigenvalue weighted by Gasteiger charge is 2.31. The van der Waals surface area contributed by atoms with Gasteiger partial charge in [-0.3, -0.25) is 14.3 Å². The van der Waals surface area contributed by atoms with Crippen LogP contribution in [0.2, 0.25) is 0 Å². The van der Waals surface area contributed by atoms with E-state index in [1.54, 1.807) is 16.9 Å². The monoisotopic (exact) mass is 402 g/mol. The van der Waals surface area contributed by atoms with Crippen molar-refractivity contribution in [3.05, 3.63) is 41.6 Å². The van der Waals surface area contributed by atoms with E-state index in [2.05, 4.69) is 21.3 Å². The first-order valence-corrected chi connectivity index (χ1v) is 9.04. The van der Waals surface area contributed by atoms with Crippen molar-refractivity contribution in [3.8, 4) is 17.3 Å². The van der Waals surface area contributed by atoms with Crippen LogP contribution in [0.4, 0.5) is 8.78 Å². The molecule has 0 saturated carbocycles. The number of nitriles is 1. The van der Waals surface area contributed by atoms with Gasteiger partial charge in [-0.05, 0) is 38.5 Å². The van der Waals surface area contributed by atoms with Crippen molar-refractivity contribution in [3.63, 3.8) is 0 Å². The van der Waals surface area contributed by atoms with Crippen molar-refractivity contribution in [1.29, 1.82) is 5.26 Å². The Labute approximate surface area is 165 Å². The number of hydrogen-bond acceptors (Lipinski definition) is 6. The summed E-state index contributed by atoms with van der Waals surface area (Å²) in [5.74, 6) is -2.17. The standard InChI is InChI=1S/C19H20F2N6O2/c1-10(9-23-19(29)18-7-17(11(2)28)24-25-18)27-4-3-16(26-27)12-5-14(20)13(8-22)15(21)6-12/h3-6,10,17-18,24-25H,7,9H2,1-2H3,(H,23,29)/t10-,17?,18?/m0/s1. The van der Waals surface area contributed by atoms with Gasteiger partial charge in [0.15, 0.2) is 0 Å². The van der Waals surface area contributed by atoms with E-state index in [-0.39, 0.29) is 35.9 Å². The summed E-state index contributed by atoms with van der Waals surface area (Å²) in [7, 11) is 0. The van der Waals surface area contributed by atoms with E-state index in [0.717, 1.165) is 12.1 Å². The maximum absolute atomic E-state index is 13.8. The number of nitrogens with one attached hydrogen (secondary N) is 3. The number of Topliss-reactive ketones (excluding diaryl/α,β-unsaturated/α-hetero) is 1. The molecule has 152 valence electrons. The second-order valence-corrected chi connectivity index (χ2v) is 6.94. The first kappa shape index (κ1) is 20.6. The van der Waals surface area contributed by atoms with Crippen molar-refractivity contribution < 1.29 is 18.4 Å². The van der Waals surface area contributed by atoms with Gasteiger partial charge in [-0.2, -0.15) is 10.4 Å². The molecule has 1 amide bonds. The van der Waals surface area contributed by atoms with Crippen LogP contribution in [0.1, 0.15) is 31.9 Å². The fourth-order valence-electron chi connectivity index (χ4n) is 3.03. The first-order chi connectivity index (χ1) is 13.8. The van der Waals surface area contributed by atoms with Crippen LogP contribution in [-0.2, 0) is 9.59 Å². The van der Waals surface area contributed by atoms with Gasteiger partial charge >= 0.3 is 0 Å². The molecule has 1 aliphatic rings. The van der Waals surface area contributed by atoms with Crippen LogP contribution in [-0.4, -0.2) is 40.1 Å². The number of rotatable bonds is 6. The highest BCUT2D eigenvalue weighted by atomic mass is 19.1. The normalized spacial score (nSPS) is 19.6. The molecule has 1 fully saturated rings. The van der Waals surface area contributed by atoms with Crippen LogP contribution in [0.15, 0.2) is 24.4 Å². The predicted molar refractivity (Wildman–Crippen MR) is 99.2 cm³/mol. The Bertz CT molecular complexity index is 960. The molecule has 1 aromatic carbocycles. The van der Waals surface area contributed by atoms with Crippen molar-refractivity contribution >= 4 is 11.7 Å². The summed E-state index contributed by atoms with van der Waals surface area (Å²) in [5.41, 5.74) is 5.51. The average Bonchev–Trinajstić information content (AvgIpc) is 3.35. The lowest BCUT2D eigenvalue weighted by molar-refractivity contribution is -0.123. The summed E-state index contributed by atoms with van der Waals surface area (Å²) in [6, 6.07) is 4.08. The molecule has 3 N–H and O–H groups in total. The first-order valence-electron chi connectivity index (χ1n) is 9.04. The topological polar surface area (TPSA) is 112 Å². The van der Waals surface area contributed by atoms with E-state index in [4.69, 9.17) is 5.26 Å². The molecule has 1 saturated heterocycles. The Kier molecular flexibility index (Phi) is 6.00. The zero-order chi connectivity index (χ0) is 21.1. The van der Waals surface area contributed by atoms with Gasteiger partial charge < -0.3 is 5.32 Å². The second-order valence-electron chi connectivity index (χ2n) is 6.94. The third-order valence-electron chi connectivity index (χ3n) is 4.79. The third kappa shape index (κ3) is 4.47. The van der Waals surface area contributed by atoms with Crippen LogP contribution >= 0.6 is 0 Å². The van der Waals surface area contributed by atoms with E-state index in [1.165, 1.54) is 13.0 Å². The highest BCUT2D eigenvalue weighted by Crippen LogP contribution is 2.23. The van der Waals surface area contributed by atoms with Gasteiger partial charge in [-0.15, -0.1) is 0 Å². The minimum Gasteiger partial charge on any atom is -0.353 e. The summed E-state index contributed by atoms with van der Waals surface area (Å²) >= 11 is 0. The Morgan fingerprint density at radius 1 is 1.34 bits per heavy atom. The maximum atomic E-state index is 13.8. The number of amides is 1. The molecule has 1 aromatic heterocycles. The number of ketones is 1. The zero-order valence-corrected chi connectivity index (χ0v) is 15.9. The molecule has 2 heterocycles. The molecule has 2 unspecified atom stereocenters. The van der Waals surface area contributed by atoms with Crippen LogP contribution in [0.3, 0.4) is 0 Å². The summed E-state index contributed by atoms with van der Waals surface area (Å²) in [5, 5.41) is 15.9. The van der Waals surface area contributed by atoms with E-state index in [9.17, 15) is 18.4 Å². The van der Waals surface area contributed by atoms with E-state index >= 15 is 0 Å². The smallest absolute Gasteiger partial charge is 0.238 e. The summed E-state index contributed by atoms with van der Waals surface area (Å²) in [4.78, 5) is 23.6. The molecular weight excluding hydrogens is 382 g/mol. The minimum absolute atomic E-state index is 0.0408. The van der Waals surface area contributed by atoms with Gasteiger partial charge in [0.1, 0.15) is 35.1 Å². The molecular formula is C19H20F2N6O2. The van der Waals surface area contributed by atoms with E-state index in [0.29, 0.717) is 12.1 Å². The molecule has 1 aliphatic heterocycles. The summed E-state index contributed by atoms with van der Waals surface area (Å²) in [6.07, 6.45) is 2.01. The molecule has 3 atom stereocenters. The quantitative estimate of drug-likeness (QED) is 0.670. The molecule has 8 nitrogen and oxygen atoms in total. The molecule has 0 spiro atoms. The molecule has 10 heteroatoms. The van der Waals surface area contributed by atoms with Crippen LogP contribution in [0.5, 0.6) is 0 Å². The van der Waals surface area contributed by atoms with Crippen molar-refractivity contribution in [2.45, 2.75) is 38.4 Å². The Hall–Kier alpha value is -3.16. The lowest BCUT2D eigenvalue weighted by Gasteiger charge is -2.15. The van der Waals surface area contributed by atoms with Gasteiger partial charge in [0.05, 0.1) is 17.8 Å². The number of nitrogens with zero attached hydrogens (tertiary/aromatic N) is 3. The minimum atomic E-state index is -0.945. The lowest BCUT2D eigenvalue weighted by Crippen LogP contribution is -2.44. The second kappa shape index (κ2) is 8.46. The van der Waals surface area contributed by atoms with Gasteiger partial charge in [0, 0.05) is 18.3 Å². The zero-order valence-electron chi connectivity index (χ0n) is 15.9. The van der Waals surface area contributed by atoms with E-state index < -0.39 is 23.2 Å². The Morgan fingerprint density at radius 2 is 2.00 bits per heavy atom. The molecule has 2 aromatic rings. The fourth-order valence-corrected chi connectivity index (χ4v) is 3.03. The van der Waals surface area contributed by atoms with Gasteiger partial charge in [0.25, 0.3) is 0 Å². The fraction of sp³-hybridized carbons (Fsp3) is 0.368. The molecule has 0 bridgehead atoms. The number of hydrazine groups is 1. The van der Waals surface area contributed by atoms with Crippen LogP contribution in [0, 0.1) is 23.0 Å². The number of hydrogen-bond donors (Lipinski definition) is 3. The van der Waals surface area contributed by atoms with Gasteiger partial charge in [-0.25, -0.2) is 19.6 Å². The number of halogens is 2. The molecule has 3 rings (SSSR count). The average molecular weight is 402 g/mol. The van der Waals surface area contributed by atoms with Gasteiger partial charge in [-0.1, -0.05) is 0 Å². The Morgan fingerprint density at radius 3 is 2.59 bits per heavy atom. The highest BCUT2D eigenvalue weighted by molar-refractivity contribution is 5.86. The SMILES string of the molecule is CC(=O)C1CC(C(=O)NC[C@H](C)n2ccc(-c3cc(F)c(C#N)c(F)c3)n2)NN1. The van der Waals surface area contributed by atoms with Crippen molar-refractivity contribution in [2.75, 3.05) is 6.54 Å². The molecule has 0 aliphatic carbocycles. The largest absolute Gasteiger partial charge is 0.353 e. The van der Waals surface area contributed by atoms with Crippen LogP contribution < -0.4 is 16.2 Å². The summed E-state index contributed by atoms with van der Waals surface area (Å²) in [6.45, 7) is 3.57. The third-order valence-corrected chi connectivity index (χ3v) is 4.79. The molecule has 0 radical (unpaired) electrons. The predicted octanol–water partition coefficient (Wildman–Crippen LogP) is 1.20. The number of benzene rings is 1. The summed E-state index contributed by atoms with van der Waals surface area (Å²) < 4.78 is 29.2. The maximum Gasteiger partial charge on any atom is 0.238 e. The molecule has 29 heavy (non-hydrogen) atoms.